The van der Waals surface area contributed by atoms with Gasteiger partial charge in [-0.25, -0.2) is 4.39 Å². The molecular weight excluding hydrogens is 422 g/mol. The molecule has 0 spiro atoms. The van der Waals surface area contributed by atoms with E-state index in [0.29, 0.717) is 0 Å². The quantitative estimate of drug-likeness (QED) is 0.431. The van der Waals surface area contributed by atoms with Crippen molar-refractivity contribution in [1.82, 2.24) is 5.32 Å². The zero-order valence-electron chi connectivity index (χ0n) is 12.7. The predicted molar refractivity (Wildman–Crippen MR) is 104 cm³/mol. The molecule has 0 atom stereocenters. The van der Waals surface area contributed by atoms with Crippen molar-refractivity contribution in [2.24, 2.45) is 0 Å². The van der Waals surface area contributed by atoms with Crippen LogP contribution < -0.4 is 10.2 Å². The highest BCUT2D eigenvalue weighted by molar-refractivity contribution is 7.80. The highest BCUT2D eigenvalue weighted by atomic mass is 35.5. The molecule has 1 saturated heterocycles. The van der Waals surface area contributed by atoms with Crippen LogP contribution in [0.15, 0.2) is 42.0 Å². The molecule has 0 saturated carbocycles. The minimum Gasteiger partial charge on any atom is -0.298 e. The lowest BCUT2D eigenvalue weighted by atomic mass is 10.1. The average molecular weight is 430 g/mol. The Hall–Kier alpha value is -1.99. The summed E-state index contributed by atoms with van der Waals surface area (Å²) < 4.78 is 14.0. The Morgan fingerprint density at radius 2 is 1.69 bits per heavy atom. The summed E-state index contributed by atoms with van der Waals surface area (Å²) in [5, 5.41) is 2.56. The Labute approximate surface area is 168 Å². The second-order valence-corrected chi connectivity index (χ2v) is 6.75. The minimum atomic E-state index is -0.776. The molecule has 1 N–H and O–H groups in total. The van der Waals surface area contributed by atoms with E-state index in [1.165, 1.54) is 24.3 Å². The third-order valence-corrected chi connectivity index (χ3v) is 4.99. The summed E-state index contributed by atoms with van der Waals surface area (Å²) in [6.45, 7) is 0. The molecule has 0 bridgehead atoms. The number of carbonyl (C=O) groups is 2. The molecule has 2 aromatic carbocycles. The lowest BCUT2D eigenvalue weighted by Crippen LogP contribution is -2.54. The number of halogens is 4. The second-order valence-electron chi connectivity index (χ2n) is 5.17. The van der Waals surface area contributed by atoms with Crippen molar-refractivity contribution in [2.75, 3.05) is 4.90 Å². The summed E-state index contributed by atoms with van der Waals surface area (Å²) in [5.74, 6) is -2.22. The van der Waals surface area contributed by atoms with Gasteiger partial charge < -0.3 is 0 Å². The molecule has 26 heavy (non-hydrogen) atoms. The number of anilines is 1. The smallest absolute Gasteiger partial charge is 0.270 e. The van der Waals surface area contributed by atoms with Crippen LogP contribution in [0.5, 0.6) is 0 Å². The summed E-state index contributed by atoms with van der Waals surface area (Å²) in [4.78, 5) is 26.1. The molecule has 4 nitrogen and oxygen atoms in total. The minimum absolute atomic E-state index is 0.0542. The first kappa shape index (κ1) is 18.8. The van der Waals surface area contributed by atoms with Crippen molar-refractivity contribution >= 4 is 75.7 Å². The van der Waals surface area contributed by atoms with Crippen LogP contribution in [0.3, 0.4) is 0 Å². The van der Waals surface area contributed by atoms with Crippen LogP contribution in [-0.2, 0) is 9.59 Å². The van der Waals surface area contributed by atoms with E-state index < -0.39 is 17.6 Å². The Morgan fingerprint density at radius 3 is 2.38 bits per heavy atom. The first-order valence-corrected chi connectivity index (χ1v) is 8.65. The van der Waals surface area contributed by atoms with Gasteiger partial charge in [0, 0.05) is 5.56 Å². The molecule has 0 aromatic heterocycles. The van der Waals surface area contributed by atoms with E-state index in [0.717, 1.165) is 11.0 Å². The molecule has 2 aromatic rings. The molecule has 3 rings (SSSR count). The first-order valence-electron chi connectivity index (χ1n) is 7.10. The maximum absolute atomic E-state index is 14.0. The van der Waals surface area contributed by atoms with Crippen LogP contribution in [0.1, 0.15) is 5.56 Å². The largest absolute Gasteiger partial charge is 0.298 e. The van der Waals surface area contributed by atoms with Crippen LogP contribution in [0.25, 0.3) is 6.08 Å². The number of thiocarbonyl (C=S) groups is 1. The molecule has 9 heteroatoms. The number of hydrogen-bond donors (Lipinski definition) is 1. The summed E-state index contributed by atoms with van der Waals surface area (Å²) in [6, 6.07) is 8.66. The normalized spacial score (nSPS) is 16.2. The van der Waals surface area contributed by atoms with E-state index in [4.69, 9.17) is 47.0 Å². The van der Waals surface area contributed by atoms with Crippen LogP contribution in [-0.4, -0.2) is 16.9 Å². The van der Waals surface area contributed by atoms with E-state index in [2.05, 4.69) is 5.32 Å². The topological polar surface area (TPSA) is 49.4 Å². The van der Waals surface area contributed by atoms with Gasteiger partial charge in [-0.2, -0.15) is 0 Å². The predicted octanol–water partition coefficient (Wildman–Crippen LogP) is 4.62. The molecule has 2 amide bonds. The monoisotopic (exact) mass is 428 g/mol. The Kier molecular flexibility index (Phi) is 5.29. The van der Waals surface area contributed by atoms with E-state index in [9.17, 15) is 14.0 Å². The highest BCUT2D eigenvalue weighted by Gasteiger charge is 2.36. The lowest BCUT2D eigenvalue weighted by Gasteiger charge is -2.29. The first-order chi connectivity index (χ1) is 12.3. The molecule has 1 heterocycles. The standard InChI is InChI=1S/C17H8Cl3FN2O2S/c18-10-3-1-5-12(21)8(10)7-9-15(24)22-17(26)23(16(9)25)13-6-2-4-11(19)14(13)20/h1-7H,(H,22,24,26)/b9-7+. The number of hydrogen-bond acceptors (Lipinski definition) is 3. The summed E-state index contributed by atoms with van der Waals surface area (Å²) in [6.07, 6.45) is 1.07. The maximum Gasteiger partial charge on any atom is 0.270 e. The second kappa shape index (κ2) is 7.32. The van der Waals surface area contributed by atoms with Gasteiger partial charge in [0.15, 0.2) is 5.11 Å². The van der Waals surface area contributed by atoms with E-state index in [-0.39, 0.29) is 37.0 Å². The average Bonchev–Trinajstić information content (AvgIpc) is 2.57. The van der Waals surface area contributed by atoms with E-state index in [1.54, 1.807) is 12.1 Å². The number of carbonyl (C=O) groups excluding carboxylic acids is 2. The van der Waals surface area contributed by atoms with Gasteiger partial charge in [-0.3, -0.25) is 19.8 Å². The van der Waals surface area contributed by atoms with Gasteiger partial charge in [0.05, 0.1) is 20.8 Å². The summed E-state index contributed by atoms with van der Waals surface area (Å²) >= 11 is 23.2. The van der Waals surface area contributed by atoms with E-state index in [1.807, 2.05) is 0 Å². The zero-order valence-corrected chi connectivity index (χ0v) is 15.8. The van der Waals surface area contributed by atoms with Crippen LogP contribution >= 0.6 is 47.0 Å². The highest BCUT2D eigenvalue weighted by Crippen LogP contribution is 2.34. The molecular formula is C17H8Cl3FN2O2S. The SMILES string of the molecule is O=C1NC(=S)N(c2cccc(Cl)c2Cl)C(=O)/C1=C/c1c(F)cccc1Cl. The van der Waals surface area contributed by atoms with Gasteiger partial charge in [0.1, 0.15) is 11.4 Å². The molecule has 0 aliphatic carbocycles. The van der Waals surface area contributed by atoms with Crippen molar-refractivity contribution < 1.29 is 14.0 Å². The zero-order chi connectivity index (χ0) is 19.0. The molecule has 0 radical (unpaired) electrons. The number of nitrogens with zero attached hydrogens (tertiary/aromatic N) is 1. The number of benzene rings is 2. The van der Waals surface area contributed by atoms with Gasteiger partial charge in [0.25, 0.3) is 11.8 Å². The van der Waals surface area contributed by atoms with Crippen molar-refractivity contribution in [1.29, 1.82) is 0 Å². The van der Waals surface area contributed by atoms with Gasteiger partial charge >= 0.3 is 0 Å². The Balaban J connectivity index is 2.12. The van der Waals surface area contributed by atoms with Crippen LogP contribution in [0.2, 0.25) is 15.1 Å². The third-order valence-electron chi connectivity index (χ3n) is 3.56. The van der Waals surface area contributed by atoms with Gasteiger partial charge in [0.2, 0.25) is 0 Å². The fraction of sp³-hybridized carbons (Fsp3) is 0. The Bertz CT molecular complexity index is 974. The van der Waals surface area contributed by atoms with Crippen LogP contribution in [0, 0.1) is 5.82 Å². The summed E-state index contributed by atoms with van der Waals surface area (Å²) in [7, 11) is 0. The van der Waals surface area contributed by atoms with Crippen molar-refractivity contribution in [3.05, 3.63) is 68.4 Å². The number of rotatable bonds is 2. The third kappa shape index (κ3) is 3.33. The van der Waals surface area contributed by atoms with Gasteiger partial charge in [-0.05, 0) is 42.6 Å². The number of nitrogens with one attached hydrogen (secondary N) is 1. The fourth-order valence-corrected chi connectivity index (χ4v) is 3.21. The van der Waals surface area contributed by atoms with Gasteiger partial charge in [-0.1, -0.05) is 46.9 Å². The number of amides is 2. The molecule has 1 aliphatic heterocycles. The molecule has 1 aliphatic rings. The lowest BCUT2D eigenvalue weighted by molar-refractivity contribution is -0.122. The maximum atomic E-state index is 14.0. The van der Waals surface area contributed by atoms with E-state index >= 15 is 0 Å². The molecule has 132 valence electrons. The van der Waals surface area contributed by atoms with Gasteiger partial charge in [-0.15, -0.1) is 0 Å². The van der Waals surface area contributed by atoms with Crippen molar-refractivity contribution in [3.8, 4) is 0 Å². The summed E-state index contributed by atoms with van der Waals surface area (Å²) in [5.41, 5.74) is -0.237. The van der Waals surface area contributed by atoms with Crippen molar-refractivity contribution in [2.45, 2.75) is 0 Å². The van der Waals surface area contributed by atoms with Crippen molar-refractivity contribution in [3.63, 3.8) is 0 Å². The van der Waals surface area contributed by atoms with Crippen LogP contribution in [0.4, 0.5) is 10.1 Å². The fourth-order valence-electron chi connectivity index (χ4n) is 2.33. The molecule has 1 fully saturated rings. The Morgan fingerprint density at radius 1 is 1.04 bits per heavy atom. The molecule has 0 unspecified atom stereocenters.